The number of ether oxygens (including phenoxy) is 3. The fraction of sp³-hybridized carbons (Fsp3) is 0.423. The van der Waals surface area contributed by atoms with Gasteiger partial charge in [-0.3, -0.25) is 9.69 Å². The van der Waals surface area contributed by atoms with E-state index in [0.717, 1.165) is 60.9 Å². The fourth-order valence-corrected chi connectivity index (χ4v) is 6.40. The molecular weight excluding hydrogens is 404 g/mol. The van der Waals surface area contributed by atoms with Crippen molar-refractivity contribution in [2.24, 2.45) is 5.92 Å². The van der Waals surface area contributed by atoms with Crippen molar-refractivity contribution in [3.8, 4) is 17.2 Å². The highest BCUT2D eigenvalue weighted by Gasteiger charge is 2.65. The van der Waals surface area contributed by atoms with Crippen LogP contribution < -0.4 is 19.1 Å². The highest BCUT2D eigenvalue weighted by Crippen LogP contribution is 2.54. The number of methoxy groups -OCH3 is 2. The van der Waals surface area contributed by atoms with E-state index in [1.807, 2.05) is 47.4 Å². The van der Waals surface area contributed by atoms with Gasteiger partial charge in [0.25, 0.3) is 0 Å². The summed E-state index contributed by atoms with van der Waals surface area (Å²) in [7, 11) is 3.35. The van der Waals surface area contributed by atoms with Crippen molar-refractivity contribution in [1.29, 1.82) is 0 Å². The third-order valence-electron chi connectivity index (χ3n) is 7.80. The first-order valence-corrected chi connectivity index (χ1v) is 11.4. The molecule has 0 aliphatic carbocycles. The van der Waals surface area contributed by atoms with E-state index in [4.69, 9.17) is 14.2 Å². The zero-order valence-electron chi connectivity index (χ0n) is 18.5. The van der Waals surface area contributed by atoms with Gasteiger partial charge in [0.05, 0.1) is 19.9 Å². The van der Waals surface area contributed by atoms with E-state index in [9.17, 15) is 4.79 Å². The molecule has 32 heavy (non-hydrogen) atoms. The molecule has 2 aromatic carbocycles. The summed E-state index contributed by atoms with van der Waals surface area (Å²) in [6, 6.07) is 14.0. The lowest BCUT2D eigenvalue weighted by atomic mass is 9.85. The highest BCUT2D eigenvalue weighted by atomic mass is 16.5. The molecule has 1 spiro atoms. The predicted molar refractivity (Wildman–Crippen MR) is 122 cm³/mol. The van der Waals surface area contributed by atoms with Crippen LogP contribution in [0.1, 0.15) is 24.8 Å². The Labute approximate surface area is 188 Å². The molecule has 0 saturated carbocycles. The standard InChI is InChI=1S/C26H28N2O4/c1-30-20-8-9-23-17(13-20)12-18(16-32-23)22-14-19-15-27(21-6-3-4-7-24(21)31-2)25(29)26(19)10-5-11-28(22)26/h3-4,6-9,12-13,19,22H,5,10-11,14-16H2,1-2H3/t19-,22-,26-/m0/s1. The maximum Gasteiger partial charge on any atom is 0.248 e. The Morgan fingerprint density at radius 1 is 1.12 bits per heavy atom. The van der Waals surface area contributed by atoms with Gasteiger partial charge in [0, 0.05) is 24.1 Å². The van der Waals surface area contributed by atoms with Crippen molar-refractivity contribution < 1.29 is 19.0 Å². The number of rotatable bonds is 4. The molecule has 3 saturated heterocycles. The maximum atomic E-state index is 13.9. The number of para-hydroxylation sites is 2. The molecule has 2 aromatic rings. The maximum absolute atomic E-state index is 13.9. The number of carbonyl (C=O) groups is 1. The molecule has 1 amide bonds. The van der Waals surface area contributed by atoms with Crippen LogP contribution in [0.15, 0.2) is 48.0 Å². The van der Waals surface area contributed by atoms with Gasteiger partial charge in [0.2, 0.25) is 5.91 Å². The molecular formula is C26H28N2O4. The Hall–Kier alpha value is -2.99. The third kappa shape index (κ3) is 2.65. The SMILES string of the molecule is COc1ccc2c(c1)C=C([C@@H]1C[C@H]3CN(c4ccccc4OC)C(=O)[C@]34CCCN14)CO2. The topological polar surface area (TPSA) is 51.2 Å². The first kappa shape index (κ1) is 19.7. The smallest absolute Gasteiger partial charge is 0.248 e. The average Bonchev–Trinajstić information content (AvgIpc) is 3.48. The van der Waals surface area contributed by atoms with Gasteiger partial charge in [-0.25, -0.2) is 0 Å². The Kier molecular flexibility index (Phi) is 4.47. The monoisotopic (exact) mass is 432 g/mol. The van der Waals surface area contributed by atoms with E-state index < -0.39 is 5.54 Å². The lowest BCUT2D eigenvalue weighted by molar-refractivity contribution is -0.126. The van der Waals surface area contributed by atoms with Crippen molar-refractivity contribution in [2.75, 3.05) is 38.8 Å². The lowest BCUT2D eigenvalue weighted by Crippen LogP contribution is -2.52. The molecule has 4 heterocycles. The van der Waals surface area contributed by atoms with E-state index in [1.165, 1.54) is 5.57 Å². The fourth-order valence-electron chi connectivity index (χ4n) is 6.40. The summed E-state index contributed by atoms with van der Waals surface area (Å²) in [4.78, 5) is 18.4. The molecule has 0 aromatic heterocycles. The zero-order valence-corrected chi connectivity index (χ0v) is 18.5. The summed E-state index contributed by atoms with van der Waals surface area (Å²) in [5.74, 6) is 3.01. The second-order valence-corrected chi connectivity index (χ2v) is 9.17. The average molecular weight is 433 g/mol. The summed E-state index contributed by atoms with van der Waals surface area (Å²) >= 11 is 0. The molecule has 4 aliphatic heterocycles. The summed E-state index contributed by atoms with van der Waals surface area (Å²) in [6.07, 6.45) is 5.21. The van der Waals surface area contributed by atoms with Crippen molar-refractivity contribution in [1.82, 2.24) is 4.90 Å². The van der Waals surface area contributed by atoms with Crippen molar-refractivity contribution >= 4 is 17.7 Å². The minimum absolute atomic E-state index is 0.228. The molecule has 6 rings (SSSR count). The van der Waals surface area contributed by atoms with Gasteiger partial charge in [-0.05, 0) is 67.8 Å². The van der Waals surface area contributed by atoms with E-state index in [-0.39, 0.29) is 11.9 Å². The zero-order chi connectivity index (χ0) is 21.9. The Morgan fingerprint density at radius 2 is 2.00 bits per heavy atom. The molecule has 6 nitrogen and oxygen atoms in total. The van der Waals surface area contributed by atoms with Gasteiger partial charge in [-0.1, -0.05) is 12.1 Å². The van der Waals surface area contributed by atoms with E-state index in [2.05, 4.69) is 11.0 Å². The van der Waals surface area contributed by atoms with Crippen LogP contribution in [0.4, 0.5) is 5.69 Å². The van der Waals surface area contributed by atoms with Gasteiger partial charge in [-0.15, -0.1) is 0 Å². The second kappa shape index (κ2) is 7.27. The van der Waals surface area contributed by atoms with Crippen molar-refractivity contribution in [3.05, 3.63) is 53.6 Å². The number of anilines is 1. The summed E-state index contributed by atoms with van der Waals surface area (Å²) < 4.78 is 17.1. The van der Waals surface area contributed by atoms with Crippen LogP contribution in [0.2, 0.25) is 0 Å². The molecule has 3 fully saturated rings. The first-order chi connectivity index (χ1) is 15.7. The van der Waals surface area contributed by atoms with Gasteiger partial charge in [-0.2, -0.15) is 0 Å². The summed E-state index contributed by atoms with van der Waals surface area (Å²) in [5.41, 5.74) is 2.80. The van der Waals surface area contributed by atoms with Crippen LogP contribution in [-0.2, 0) is 4.79 Å². The highest BCUT2D eigenvalue weighted by molar-refractivity contribution is 6.04. The number of fused-ring (bicyclic) bond motifs is 1. The molecule has 0 bridgehead atoms. The second-order valence-electron chi connectivity index (χ2n) is 9.17. The van der Waals surface area contributed by atoms with E-state index in [0.29, 0.717) is 12.5 Å². The van der Waals surface area contributed by atoms with E-state index >= 15 is 0 Å². The van der Waals surface area contributed by atoms with Crippen LogP contribution in [0.3, 0.4) is 0 Å². The quantitative estimate of drug-likeness (QED) is 0.737. The Bertz CT molecular complexity index is 1110. The summed E-state index contributed by atoms with van der Waals surface area (Å²) in [6.45, 7) is 2.27. The van der Waals surface area contributed by atoms with Crippen LogP contribution >= 0.6 is 0 Å². The molecule has 0 radical (unpaired) electrons. The molecule has 3 atom stereocenters. The third-order valence-corrected chi connectivity index (χ3v) is 7.80. The van der Waals surface area contributed by atoms with Gasteiger partial charge >= 0.3 is 0 Å². The molecule has 0 unspecified atom stereocenters. The minimum atomic E-state index is -0.402. The number of benzene rings is 2. The molecule has 0 N–H and O–H groups in total. The van der Waals surface area contributed by atoms with Gasteiger partial charge in [0.1, 0.15) is 29.4 Å². The van der Waals surface area contributed by atoms with Crippen molar-refractivity contribution in [3.63, 3.8) is 0 Å². The van der Waals surface area contributed by atoms with Crippen LogP contribution in [-0.4, -0.2) is 56.3 Å². The van der Waals surface area contributed by atoms with Crippen molar-refractivity contribution in [2.45, 2.75) is 30.8 Å². The van der Waals surface area contributed by atoms with Gasteiger partial charge in [0.15, 0.2) is 0 Å². The summed E-state index contributed by atoms with van der Waals surface area (Å²) in [5, 5.41) is 0. The molecule has 166 valence electrons. The van der Waals surface area contributed by atoms with Crippen LogP contribution in [0, 0.1) is 5.92 Å². The van der Waals surface area contributed by atoms with Gasteiger partial charge < -0.3 is 19.1 Å². The number of carbonyl (C=O) groups excluding carboxylic acids is 1. The van der Waals surface area contributed by atoms with Crippen LogP contribution in [0.5, 0.6) is 17.2 Å². The Balaban J connectivity index is 1.33. The van der Waals surface area contributed by atoms with Crippen LogP contribution in [0.25, 0.3) is 6.08 Å². The normalized spacial score (nSPS) is 28.6. The molecule has 6 heteroatoms. The van der Waals surface area contributed by atoms with E-state index in [1.54, 1.807) is 14.2 Å². The minimum Gasteiger partial charge on any atom is -0.497 e. The number of hydrogen-bond acceptors (Lipinski definition) is 5. The Morgan fingerprint density at radius 3 is 2.84 bits per heavy atom. The first-order valence-electron chi connectivity index (χ1n) is 11.4. The molecule has 4 aliphatic rings. The lowest BCUT2D eigenvalue weighted by Gasteiger charge is -2.35. The number of hydrogen-bond donors (Lipinski definition) is 0. The largest absolute Gasteiger partial charge is 0.497 e. The number of amides is 1. The number of nitrogens with zero attached hydrogens (tertiary/aromatic N) is 2. The predicted octanol–water partition coefficient (Wildman–Crippen LogP) is 3.75.